The second-order valence-corrected chi connectivity index (χ2v) is 38.3. The van der Waals surface area contributed by atoms with Crippen LogP contribution in [0.15, 0.2) is 33.3 Å². The predicted molar refractivity (Wildman–Crippen MR) is 346 cm³/mol. The van der Waals surface area contributed by atoms with Crippen LogP contribution in [0.25, 0.3) is 66.1 Å². The second-order valence-electron chi connectivity index (χ2n) is 15.9. The summed E-state index contributed by atoms with van der Waals surface area (Å²) in [6.45, 7) is 19.3. The number of thiazole rings is 2. The molecule has 76 heavy (non-hydrogen) atoms. The largest absolute Gasteiger partial charge is 0.496 e. The number of nitrogen functional groups attached to an aromatic ring is 1. The van der Waals surface area contributed by atoms with E-state index in [4.69, 9.17) is 63.2 Å². The van der Waals surface area contributed by atoms with Gasteiger partial charge in [0.25, 0.3) is 0 Å². The number of aromatic nitrogens is 10. The van der Waals surface area contributed by atoms with Crippen molar-refractivity contribution < 1.29 is 18.5 Å². The molecule has 31 heteroatoms. The van der Waals surface area contributed by atoms with E-state index in [0.29, 0.717) is 16.6 Å². The highest BCUT2D eigenvalue weighted by Crippen LogP contribution is 2.42. The van der Waals surface area contributed by atoms with Crippen molar-refractivity contribution in [1.82, 2.24) is 50.2 Å². The highest BCUT2D eigenvalue weighted by Gasteiger charge is 2.23. The Morgan fingerprint density at radius 3 is 1.41 bits per heavy atom. The Hall–Kier alpha value is -3.57. The fourth-order valence-electron chi connectivity index (χ4n) is 8.04. The maximum absolute atomic E-state index is 6.33. The normalized spacial score (nSPS) is 10.6. The van der Waals surface area contributed by atoms with Crippen LogP contribution >= 0.6 is 34.3 Å². The number of hydrogen-bond donors (Lipinski definition) is 3. The molecular weight excluding hydrogens is 1280 g/mol. The number of fused-ring (bicyclic) bond motifs is 6. The number of nitrogens with two attached hydrogens (primary N) is 1. The van der Waals surface area contributed by atoms with Gasteiger partial charge in [-0.05, 0) is 93.5 Å². The van der Waals surface area contributed by atoms with E-state index in [-0.39, 0.29) is 0 Å². The molecule has 0 atom stereocenters. The molecule has 8 aromatic heterocycles. The number of methoxy groups -OCH3 is 2. The van der Waals surface area contributed by atoms with Crippen LogP contribution in [0.4, 0.5) is 5.00 Å². The smallest absolute Gasteiger partial charge is 0.143 e. The van der Waals surface area contributed by atoms with Gasteiger partial charge in [-0.15, -0.1) is 22.7 Å². The Bertz CT molecular complexity index is 4250. The number of aryl methyl sites for hydroxylation is 10. The van der Waals surface area contributed by atoms with Gasteiger partial charge in [0.05, 0.1) is 69.2 Å². The molecule has 10 aromatic rings. The molecule has 0 spiro atoms. The van der Waals surface area contributed by atoms with E-state index < -0.39 is 0 Å². The molecule has 0 bridgehead atoms. The number of halogens is 1. The first-order chi connectivity index (χ1) is 36.5. The van der Waals surface area contributed by atoms with Crippen molar-refractivity contribution in [3.05, 3.63) is 95.9 Å². The van der Waals surface area contributed by atoms with Crippen molar-refractivity contribution in [2.75, 3.05) is 20.0 Å². The lowest BCUT2D eigenvalue weighted by Gasteiger charge is -2.09. The summed E-state index contributed by atoms with van der Waals surface area (Å²) < 4.78 is 22.1. The standard InChI is InChI=1S/C23H23N5O2S.C17H15ClN4O2.C5H8N2S.S13/c1-10-20(31-14(5)24-10)9-18-22-15-8-19(29-6)16(21-11(2)28-30-12(21)3)7-17(15)27-23(22)26-13(4)25-18;1-7-14(8(2)24-22-7)11-5-12-10(6-13(11)23-4)15-16(18)19-9(3)20-17(15)21-12;1-3-5(6)8-4(2)7-3;1-3-5-7-9-11-13-12-10-8-6-4-2/h7-8H,9H2,1-6H3,(H,25,26,27);5-6H,1-4H3,(H,19,20,21);6H2,1-2H3;. The Balaban J connectivity index is 0.000000165. The summed E-state index contributed by atoms with van der Waals surface area (Å²) in [7, 11) is 21.4. The first kappa shape index (κ1) is 60.1. The molecule has 2 aromatic carbocycles. The minimum atomic E-state index is 0.427. The van der Waals surface area contributed by atoms with E-state index in [1.54, 1.807) is 105 Å². The molecule has 0 aliphatic rings. The summed E-state index contributed by atoms with van der Waals surface area (Å²) in [5.74, 6) is 4.35. The van der Waals surface area contributed by atoms with Crippen LogP contribution in [-0.4, -0.2) is 64.4 Å². The second kappa shape index (κ2) is 28.0. The number of nitrogens with one attached hydrogen (secondary N) is 2. The Labute approximate surface area is 491 Å². The van der Waals surface area contributed by atoms with E-state index in [9.17, 15) is 0 Å². The summed E-state index contributed by atoms with van der Waals surface area (Å²) >= 11 is 19.0. The first-order valence-electron chi connectivity index (χ1n) is 21.9. The molecule has 402 valence electrons. The van der Waals surface area contributed by atoms with Gasteiger partial charge in [0.1, 0.15) is 56.1 Å². The summed E-state index contributed by atoms with van der Waals surface area (Å²) in [5.41, 5.74) is 17.3. The molecular formula is C45H46ClN11O4S15. The molecule has 0 saturated carbocycles. The number of anilines is 1. The first-order valence-corrected chi connectivity index (χ1v) is 40.0. The monoisotopic (exact) mass is 1320 g/mol. The third kappa shape index (κ3) is 14.6. The number of rotatable bonds is 6. The van der Waals surface area contributed by atoms with Gasteiger partial charge in [-0.2, -0.15) is 0 Å². The molecule has 0 amide bonds. The fourth-order valence-corrected chi connectivity index (χ4v) is 34.7. The zero-order valence-corrected chi connectivity index (χ0v) is 55.3. The van der Waals surface area contributed by atoms with Crippen LogP contribution in [0.1, 0.15) is 66.5 Å². The van der Waals surface area contributed by atoms with Gasteiger partial charge >= 0.3 is 0 Å². The summed E-state index contributed by atoms with van der Waals surface area (Å²) in [4.78, 5) is 34.9. The molecule has 0 aliphatic heterocycles. The van der Waals surface area contributed by atoms with Crippen LogP contribution in [0.3, 0.4) is 0 Å². The average Bonchev–Trinajstić information content (AvgIpc) is 4.22. The lowest BCUT2D eigenvalue weighted by atomic mass is 10.00. The average molecular weight is 1320 g/mol. The van der Waals surface area contributed by atoms with Crippen molar-refractivity contribution in [2.24, 2.45) is 0 Å². The Morgan fingerprint density at radius 2 is 1.01 bits per heavy atom. The fraction of sp³-hybridized carbons (Fsp3) is 0.289. The highest BCUT2D eigenvalue weighted by atomic mass is 35.5. The maximum atomic E-state index is 6.33. The van der Waals surface area contributed by atoms with Crippen LogP contribution in [0.5, 0.6) is 11.5 Å². The number of H-pyrrole nitrogens is 2. The molecule has 0 saturated heterocycles. The van der Waals surface area contributed by atoms with Crippen molar-refractivity contribution >= 4 is 203 Å². The lowest BCUT2D eigenvalue weighted by molar-refractivity contribution is 0.393. The summed E-state index contributed by atoms with van der Waals surface area (Å²) in [5, 5.41) is 15.3. The summed E-state index contributed by atoms with van der Waals surface area (Å²) in [6.07, 6.45) is 0.720. The Morgan fingerprint density at radius 1 is 0.566 bits per heavy atom. The van der Waals surface area contributed by atoms with Gasteiger partial charge in [0.15, 0.2) is 0 Å². The number of hydrogen-bond acceptors (Lipinski definition) is 17. The van der Waals surface area contributed by atoms with E-state index in [1.807, 2.05) is 74.4 Å². The van der Waals surface area contributed by atoms with Crippen molar-refractivity contribution in [3.8, 4) is 33.8 Å². The lowest BCUT2D eigenvalue weighted by Crippen LogP contribution is -1.98. The van der Waals surface area contributed by atoms with Crippen LogP contribution < -0.4 is 15.2 Å². The van der Waals surface area contributed by atoms with Crippen LogP contribution in [-0.2, 0) is 126 Å². The number of nitrogens with zero attached hydrogens (tertiary/aromatic N) is 8. The summed E-state index contributed by atoms with van der Waals surface area (Å²) in [6, 6.07) is 8.10. The third-order valence-electron chi connectivity index (χ3n) is 10.9. The minimum absolute atomic E-state index is 0.427. The van der Waals surface area contributed by atoms with Gasteiger partial charge < -0.3 is 34.2 Å². The molecule has 0 unspecified atom stereocenters. The van der Waals surface area contributed by atoms with E-state index in [2.05, 4.69) is 64.3 Å². The van der Waals surface area contributed by atoms with Gasteiger partial charge in [0.2, 0.25) is 0 Å². The SMILES string of the molecule is COc1cc2c(cc1-c1c(C)noc1C)[nH]c1nc(C)nc(Cc3sc(C)nc3C)c12.COc1cc2c(cc1-c1c(C)noc1C)[nH]c1nc(C)nc(Cl)c12.Cc1nc(C)c(N)s1.S=S=S=S=S=S=S=S=S=S=S=S=S. The van der Waals surface area contributed by atoms with Crippen molar-refractivity contribution in [1.29, 1.82) is 0 Å². The van der Waals surface area contributed by atoms with Gasteiger partial charge in [-0.25, -0.2) is 29.9 Å². The number of benzene rings is 2. The van der Waals surface area contributed by atoms with E-state index in [1.165, 1.54) is 34.0 Å². The molecule has 15 nitrogen and oxygen atoms in total. The van der Waals surface area contributed by atoms with Gasteiger partial charge in [-0.3, -0.25) is 0 Å². The number of ether oxygens (including phenoxy) is 2. The quantitative estimate of drug-likeness (QED) is 0.132. The zero-order valence-electron chi connectivity index (χ0n) is 42.3. The van der Waals surface area contributed by atoms with Crippen molar-refractivity contribution in [2.45, 2.75) is 75.7 Å². The van der Waals surface area contributed by atoms with E-state index in [0.717, 1.165) is 139 Å². The molecule has 0 radical (unpaired) electrons. The molecule has 10 rings (SSSR count). The van der Waals surface area contributed by atoms with Gasteiger partial charge in [-0.1, -0.05) is 21.9 Å². The van der Waals surface area contributed by atoms with Crippen molar-refractivity contribution in [3.63, 3.8) is 0 Å². The Kier molecular flexibility index (Phi) is 22.2. The molecule has 4 N–H and O–H groups in total. The van der Waals surface area contributed by atoms with Crippen LogP contribution in [0, 0.1) is 69.2 Å². The van der Waals surface area contributed by atoms with Gasteiger partial charge in [0, 0.05) is 170 Å². The number of aromatic amines is 2. The molecule has 8 heterocycles. The predicted octanol–water partition coefficient (Wildman–Crippen LogP) is 11.0. The zero-order chi connectivity index (χ0) is 54.8. The van der Waals surface area contributed by atoms with Crippen LogP contribution in [0.2, 0.25) is 5.15 Å². The molecule has 0 aliphatic carbocycles. The minimum Gasteiger partial charge on any atom is -0.496 e. The molecule has 0 fully saturated rings. The van der Waals surface area contributed by atoms with E-state index >= 15 is 0 Å². The highest BCUT2D eigenvalue weighted by molar-refractivity contribution is 8.75. The topological polar surface area (TPSA) is 205 Å². The maximum Gasteiger partial charge on any atom is 0.143 e. The third-order valence-corrected chi connectivity index (χ3v) is 35.4.